The monoisotopic (exact) mass is 323 g/mol. The highest BCUT2D eigenvalue weighted by atomic mass is 32.2. The summed E-state index contributed by atoms with van der Waals surface area (Å²) in [5, 5.41) is 0. The van der Waals surface area contributed by atoms with E-state index >= 15 is 0 Å². The molecule has 1 aliphatic heterocycles. The molecule has 0 bridgehead atoms. The summed E-state index contributed by atoms with van der Waals surface area (Å²) in [7, 11) is -1.40. The third-order valence-electron chi connectivity index (χ3n) is 4.09. The first-order valence-electron chi connectivity index (χ1n) is 7.34. The predicted molar refractivity (Wildman–Crippen MR) is 84.6 cm³/mol. The Bertz CT molecular complexity index is 664. The number of hydrogen-bond acceptors (Lipinski definition) is 4. The first-order chi connectivity index (χ1) is 10.3. The molecule has 1 fully saturated rings. The minimum absolute atomic E-state index is 0.0289. The zero-order valence-electron chi connectivity index (χ0n) is 12.9. The van der Waals surface area contributed by atoms with E-state index in [0.717, 1.165) is 5.56 Å². The normalized spacial score (nSPS) is 19.8. The van der Waals surface area contributed by atoms with Gasteiger partial charge in [0.25, 0.3) is 0 Å². The van der Waals surface area contributed by atoms with Crippen LogP contribution in [0.5, 0.6) is 0 Å². The van der Waals surface area contributed by atoms with Gasteiger partial charge in [0.1, 0.15) is 0 Å². The fraction of sp³-hybridized carbons (Fsp3) is 0.500. The second kappa shape index (κ2) is 6.60. The molecule has 0 saturated carbocycles. The molecule has 120 valence electrons. The zero-order chi connectivity index (χ0) is 16.3. The number of ketones is 1. The zero-order valence-corrected chi connectivity index (χ0v) is 13.7. The fourth-order valence-electron chi connectivity index (χ4n) is 2.57. The summed E-state index contributed by atoms with van der Waals surface area (Å²) in [6, 6.07) is 6.99. The van der Waals surface area contributed by atoms with Gasteiger partial charge in [-0.3, -0.25) is 9.59 Å². The number of aryl methyl sites for hydroxylation is 1. The number of hydrogen-bond donors (Lipinski definition) is 0. The number of benzene rings is 1. The Balaban J connectivity index is 1.87. The lowest BCUT2D eigenvalue weighted by atomic mass is 10.0. The summed E-state index contributed by atoms with van der Waals surface area (Å²) >= 11 is 0. The number of rotatable bonds is 5. The van der Waals surface area contributed by atoms with Crippen LogP contribution in [0.25, 0.3) is 0 Å². The molecule has 1 aromatic rings. The number of sulfone groups is 1. The van der Waals surface area contributed by atoms with Gasteiger partial charge in [-0.1, -0.05) is 29.8 Å². The molecule has 1 heterocycles. The topological polar surface area (TPSA) is 71.5 Å². The standard InChI is InChI=1S/C16H21NO4S/c1-12-3-5-13(6-4-12)15(18)7-8-16(19)17(2)14-9-10-22(20,21)11-14/h3-6,14H,7-11H2,1-2H3. The van der Waals surface area contributed by atoms with Crippen LogP contribution in [0.15, 0.2) is 24.3 Å². The summed E-state index contributed by atoms with van der Waals surface area (Å²) < 4.78 is 22.9. The quantitative estimate of drug-likeness (QED) is 0.772. The number of carbonyl (C=O) groups excluding carboxylic acids is 2. The molecular formula is C16H21NO4S. The minimum atomic E-state index is -3.01. The van der Waals surface area contributed by atoms with E-state index in [1.807, 2.05) is 19.1 Å². The van der Waals surface area contributed by atoms with Crippen LogP contribution in [0.3, 0.4) is 0 Å². The van der Waals surface area contributed by atoms with E-state index in [1.54, 1.807) is 19.2 Å². The van der Waals surface area contributed by atoms with Crippen molar-refractivity contribution in [2.24, 2.45) is 0 Å². The fourth-order valence-corrected chi connectivity index (χ4v) is 4.34. The summed E-state index contributed by atoms with van der Waals surface area (Å²) in [6.45, 7) is 1.95. The van der Waals surface area contributed by atoms with E-state index in [4.69, 9.17) is 0 Å². The highest BCUT2D eigenvalue weighted by molar-refractivity contribution is 7.91. The molecule has 5 nitrogen and oxygen atoms in total. The second-order valence-corrected chi connectivity index (χ2v) is 8.08. The Labute approximate surface area is 131 Å². The van der Waals surface area contributed by atoms with Crippen LogP contribution >= 0.6 is 0 Å². The molecule has 1 aliphatic rings. The lowest BCUT2D eigenvalue weighted by Crippen LogP contribution is -2.37. The van der Waals surface area contributed by atoms with Gasteiger partial charge in [-0.2, -0.15) is 0 Å². The van der Waals surface area contributed by atoms with Crippen LogP contribution < -0.4 is 0 Å². The van der Waals surface area contributed by atoms with Crippen molar-refractivity contribution in [3.05, 3.63) is 35.4 Å². The van der Waals surface area contributed by atoms with Crippen molar-refractivity contribution in [2.45, 2.75) is 32.2 Å². The van der Waals surface area contributed by atoms with E-state index in [2.05, 4.69) is 0 Å². The molecule has 0 radical (unpaired) electrons. The SMILES string of the molecule is Cc1ccc(C(=O)CCC(=O)N(C)C2CCS(=O)(=O)C2)cc1. The van der Waals surface area contributed by atoms with E-state index in [0.29, 0.717) is 12.0 Å². The smallest absolute Gasteiger partial charge is 0.223 e. The summed E-state index contributed by atoms with van der Waals surface area (Å²) in [5.41, 5.74) is 1.68. The maximum atomic E-state index is 12.1. The Morgan fingerprint density at radius 3 is 2.36 bits per heavy atom. The van der Waals surface area contributed by atoms with E-state index in [-0.39, 0.29) is 42.1 Å². The van der Waals surface area contributed by atoms with Gasteiger partial charge < -0.3 is 4.90 Å². The largest absolute Gasteiger partial charge is 0.342 e. The molecule has 1 saturated heterocycles. The maximum Gasteiger partial charge on any atom is 0.223 e. The first-order valence-corrected chi connectivity index (χ1v) is 9.16. The van der Waals surface area contributed by atoms with Crippen molar-refractivity contribution in [1.29, 1.82) is 0 Å². The molecular weight excluding hydrogens is 302 g/mol. The van der Waals surface area contributed by atoms with Crippen molar-refractivity contribution in [1.82, 2.24) is 4.90 Å². The molecule has 0 aromatic heterocycles. The predicted octanol–water partition coefficient (Wildman–Crippen LogP) is 1.60. The van der Waals surface area contributed by atoms with Crippen LogP contribution in [0.2, 0.25) is 0 Å². The van der Waals surface area contributed by atoms with Crippen LogP contribution in [0.4, 0.5) is 0 Å². The van der Waals surface area contributed by atoms with Crippen LogP contribution in [0, 0.1) is 6.92 Å². The van der Waals surface area contributed by atoms with Gasteiger partial charge in [0.15, 0.2) is 15.6 Å². The van der Waals surface area contributed by atoms with Gasteiger partial charge in [-0.05, 0) is 13.3 Å². The highest BCUT2D eigenvalue weighted by Crippen LogP contribution is 2.18. The van der Waals surface area contributed by atoms with Crippen molar-refractivity contribution in [3.63, 3.8) is 0 Å². The Morgan fingerprint density at radius 2 is 1.82 bits per heavy atom. The van der Waals surface area contributed by atoms with Crippen LogP contribution in [0.1, 0.15) is 35.2 Å². The Morgan fingerprint density at radius 1 is 1.18 bits per heavy atom. The average Bonchev–Trinajstić information content (AvgIpc) is 2.84. The van der Waals surface area contributed by atoms with Crippen molar-refractivity contribution in [3.8, 4) is 0 Å². The number of Topliss-reactive ketones (excluding diaryl/α,β-unsaturated/α-hetero) is 1. The van der Waals surface area contributed by atoms with Gasteiger partial charge >= 0.3 is 0 Å². The average molecular weight is 323 g/mol. The Kier molecular flexibility index (Phi) is 5.01. The molecule has 1 atom stereocenters. The van der Waals surface area contributed by atoms with E-state index in [9.17, 15) is 18.0 Å². The van der Waals surface area contributed by atoms with Crippen molar-refractivity contribution < 1.29 is 18.0 Å². The summed E-state index contributed by atoms with van der Waals surface area (Å²) in [4.78, 5) is 25.6. The van der Waals surface area contributed by atoms with Gasteiger partial charge in [0.05, 0.1) is 11.5 Å². The lowest BCUT2D eigenvalue weighted by Gasteiger charge is -2.23. The van der Waals surface area contributed by atoms with Crippen LogP contribution in [-0.2, 0) is 14.6 Å². The summed E-state index contributed by atoms with van der Waals surface area (Å²) in [6.07, 6.45) is 0.738. The lowest BCUT2D eigenvalue weighted by molar-refractivity contribution is -0.131. The van der Waals surface area contributed by atoms with E-state index < -0.39 is 9.84 Å². The first kappa shape index (κ1) is 16.7. The molecule has 1 unspecified atom stereocenters. The van der Waals surface area contributed by atoms with Gasteiger partial charge in [-0.15, -0.1) is 0 Å². The molecule has 2 rings (SSSR count). The molecule has 1 aromatic carbocycles. The second-order valence-electron chi connectivity index (χ2n) is 5.85. The Hall–Kier alpha value is -1.69. The van der Waals surface area contributed by atoms with Gasteiger partial charge in [0, 0.05) is 31.5 Å². The van der Waals surface area contributed by atoms with Crippen LogP contribution in [-0.4, -0.2) is 49.6 Å². The molecule has 6 heteroatoms. The third-order valence-corrected chi connectivity index (χ3v) is 5.84. The van der Waals surface area contributed by atoms with Crippen molar-refractivity contribution in [2.75, 3.05) is 18.6 Å². The maximum absolute atomic E-state index is 12.1. The molecule has 0 N–H and O–H groups in total. The molecule has 0 aliphatic carbocycles. The van der Waals surface area contributed by atoms with Gasteiger partial charge in [-0.25, -0.2) is 8.42 Å². The highest BCUT2D eigenvalue weighted by Gasteiger charge is 2.32. The minimum Gasteiger partial charge on any atom is -0.342 e. The van der Waals surface area contributed by atoms with Gasteiger partial charge in [0.2, 0.25) is 5.91 Å². The van der Waals surface area contributed by atoms with E-state index in [1.165, 1.54) is 4.90 Å². The number of nitrogens with zero attached hydrogens (tertiary/aromatic N) is 1. The number of carbonyl (C=O) groups is 2. The van der Waals surface area contributed by atoms with Crippen molar-refractivity contribution >= 4 is 21.5 Å². The number of amides is 1. The summed E-state index contributed by atoms with van der Waals surface area (Å²) in [5.74, 6) is -0.0815. The molecule has 22 heavy (non-hydrogen) atoms. The third kappa shape index (κ3) is 4.16. The molecule has 0 spiro atoms. The molecule has 1 amide bonds.